The van der Waals surface area contributed by atoms with E-state index in [2.05, 4.69) is 5.32 Å². The summed E-state index contributed by atoms with van der Waals surface area (Å²) in [5.41, 5.74) is 2.39. The number of carbonyl (C=O) groups excluding carboxylic acids is 2. The van der Waals surface area contributed by atoms with Crippen LogP contribution < -0.4 is 10.2 Å². The molecule has 0 aromatic heterocycles. The van der Waals surface area contributed by atoms with Gasteiger partial charge in [0, 0.05) is 22.8 Å². The fourth-order valence-electron chi connectivity index (χ4n) is 2.25. The summed E-state index contributed by atoms with van der Waals surface area (Å²) in [6.45, 7) is 4.37. The number of nitrogens with one attached hydrogen (secondary N) is 1. The Morgan fingerprint density at radius 3 is 2.43 bits per heavy atom. The first kappa shape index (κ1) is 17.0. The Kier molecular flexibility index (Phi) is 5.77. The molecule has 2 amide bonds. The smallest absolute Gasteiger partial charge is 0.251 e. The van der Waals surface area contributed by atoms with Gasteiger partial charge in [-0.2, -0.15) is 0 Å². The zero-order valence-electron chi connectivity index (χ0n) is 13.2. The van der Waals surface area contributed by atoms with Gasteiger partial charge in [-0.25, -0.2) is 0 Å². The predicted octanol–water partition coefficient (Wildman–Crippen LogP) is 3.43. The molecule has 2 rings (SSSR count). The Hall–Kier alpha value is -2.33. The van der Waals surface area contributed by atoms with Gasteiger partial charge in [0.1, 0.15) is 0 Å². The molecule has 2 aromatic carbocycles. The second kappa shape index (κ2) is 7.79. The molecule has 0 spiro atoms. The second-order valence-corrected chi connectivity index (χ2v) is 5.60. The van der Waals surface area contributed by atoms with E-state index in [9.17, 15) is 9.59 Å². The van der Waals surface area contributed by atoms with Gasteiger partial charge in [-0.15, -0.1) is 0 Å². The summed E-state index contributed by atoms with van der Waals surface area (Å²) in [6, 6.07) is 14.3. The number of carbonyl (C=O) groups is 2. The second-order valence-electron chi connectivity index (χ2n) is 5.17. The lowest BCUT2D eigenvalue weighted by Crippen LogP contribution is -2.40. The van der Waals surface area contributed by atoms with E-state index in [1.54, 1.807) is 29.2 Å². The number of amides is 2. The minimum Gasteiger partial charge on any atom is -0.343 e. The van der Waals surface area contributed by atoms with Crippen LogP contribution in [0.1, 0.15) is 22.8 Å². The highest BCUT2D eigenvalue weighted by atomic mass is 35.5. The van der Waals surface area contributed by atoms with Crippen LogP contribution in [-0.4, -0.2) is 24.9 Å². The van der Waals surface area contributed by atoms with Crippen LogP contribution in [0.5, 0.6) is 0 Å². The molecular formula is C18H19ClN2O2. The molecule has 1 N–H and O–H groups in total. The number of hydrogen-bond donors (Lipinski definition) is 1. The van der Waals surface area contributed by atoms with Crippen molar-refractivity contribution in [2.24, 2.45) is 0 Å². The van der Waals surface area contributed by atoms with Crippen molar-refractivity contribution in [2.45, 2.75) is 13.8 Å². The average molecular weight is 331 g/mol. The molecule has 5 heteroatoms. The lowest BCUT2D eigenvalue weighted by molar-refractivity contribution is -0.117. The lowest BCUT2D eigenvalue weighted by Gasteiger charge is -2.21. The maximum atomic E-state index is 12.4. The van der Waals surface area contributed by atoms with Crippen LogP contribution in [0.4, 0.5) is 5.69 Å². The largest absolute Gasteiger partial charge is 0.343 e. The molecule has 4 nitrogen and oxygen atoms in total. The highest BCUT2D eigenvalue weighted by Crippen LogP contribution is 2.15. The topological polar surface area (TPSA) is 49.4 Å². The highest BCUT2D eigenvalue weighted by Gasteiger charge is 2.15. The molecule has 2 aromatic rings. The SMILES string of the molecule is CCN(C(=O)CNC(=O)c1ccc(Cl)cc1)c1cccc(C)c1. The van der Waals surface area contributed by atoms with E-state index in [4.69, 9.17) is 11.6 Å². The molecule has 0 aliphatic heterocycles. The van der Waals surface area contributed by atoms with Gasteiger partial charge in [-0.1, -0.05) is 23.7 Å². The first-order valence-corrected chi connectivity index (χ1v) is 7.80. The van der Waals surface area contributed by atoms with Crippen molar-refractivity contribution in [3.8, 4) is 0 Å². The van der Waals surface area contributed by atoms with Gasteiger partial charge < -0.3 is 10.2 Å². The monoisotopic (exact) mass is 330 g/mol. The van der Waals surface area contributed by atoms with Crippen molar-refractivity contribution in [2.75, 3.05) is 18.0 Å². The van der Waals surface area contributed by atoms with Gasteiger partial charge >= 0.3 is 0 Å². The van der Waals surface area contributed by atoms with E-state index in [1.165, 1.54) is 0 Å². The molecule has 0 unspecified atom stereocenters. The number of aryl methyl sites for hydroxylation is 1. The van der Waals surface area contributed by atoms with Crippen LogP contribution in [0, 0.1) is 6.92 Å². The number of rotatable bonds is 5. The highest BCUT2D eigenvalue weighted by molar-refractivity contribution is 6.30. The fourth-order valence-corrected chi connectivity index (χ4v) is 2.38. The lowest BCUT2D eigenvalue weighted by atomic mass is 10.2. The molecule has 0 fully saturated rings. The third-order valence-corrected chi connectivity index (χ3v) is 3.69. The Labute approximate surface area is 141 Å². The molecule has 0 aliphatic carbocycles. The zero-order valence-corrected chi connectivity index (χ0v) is 13.9. The fraction of sp³-hybridized carbons (Fsp3) is 0.222. The van der Waals surface area contributed by atoms with Crippen molar-refractivity contribution < 1.29 is 9.59 Å². The molecule has 23 heavy (non-hydrogen) atoms. The summed E-state index contributed by atoms with van der Waals surface area (Å²) in [5, 5.41) is 3.21. The molecule has 0 saturated carbocycles. The minimum absolute atomic E-state index is 0.0523. The first-order valence-electron chi connectivity index (χ1n) is 7.42. The summed E-state index contributed by atoms with van der Waals surface area (Å²) in [6.07, 6.45) is 0. The number of anilines is 1. The third-order valence-electron chi connectivity index (χ3n) is 3.44. The molecule has 0 atom stereocenters. The van der Waals surface area contributed by atoms with E-state index in [0.29, 0.717) is 17.1 Å². The van der Waals surface area contributed by atoms with Gasteiger partial charge in [0.2, 0.25) is 5.91 Å². The molecule has 0 heterocycles. The molecule has 0 aliphatic rings. The Balaban J connectivity index is 2.00. The number of nitrogens with zero attached hydrogens (tertiary/aromatic N) is 1. The van der Waals surface area contributed by atoms with E-state index in [0.717, 1.165) is 11.3 Å². The van der Waals surface area contributed by atoms with Crippen molar-refractivity contribution in [1.29, 1.82) is 0 Å². The van der Waals surface area contributed by atoms with Gasteiger partial charge in [0.05, 0.1) is 6.54 Å². The van der Waals surface area contributed by atoms with Crippen molar-refractivity contribution in [3.63, 3.8) is 0 Å². The predicted molar refractivity (Wildman–Crippen MR) is 93.0 cm³/mol. The van der Waals surface area contributed by atoms with Gasteiger partial charge in [-0.3, -0.25) is 9.59 Å². The van der Waals surface area contributed by atoms with Crippen LogP contribution in [0.25, 0.3) is 0 Å². The van der Waals surface area contributed by atoms with Crippen molar-refractivity contribution >= 4 is 29.1 Å². The van der Waals surface area contributed by atoms with Crippen molar-refractivity contribution in [3.05, 3.63) is 64.7 Å². The molecular weight excluding hydrogens is 312 g/mol. The summed E-state index contributed by atoms with van der Waals surface area (Å²) >= 11 is 5.79. The maximum Gasteiger partial charge on any atom is 0.251 e. The zero-order chi connectivity index (χ0) is 16.8. The standard InChI is InChI=1S/C18H19ClN2O2/c1-3-21(16-6-4-5-13(2)11-16)17(22)12-20-18(23)14-7-9-15(19)10-8-14/h4-11H,3,12H2,1-2H3,(H,20,23). The van der Waals surface area contributed by atoms with Crippen LogP contribution in [0.15, 0.2) is 48.5 Å². The molecule has 120 valence electrons. The van der Waals surface area contributed by atoms with E-state index in [1.807, 2.05) is 38.1 Å². The Morgan fingerprint density at radius 2 is 1.83 bits per heavy atom. The van der Waals surface area contributed by atoms with Crippen LogP contribution in [0.3, 0.4) is 0 Å². The Morgan fingerprint density at radius 1 is 1.13 bits per heavy atom. The Bertz CT molecular complexity index is 698. The van der Waals surface area contributed by atoms with E-state index < -0.39 is 0 Å². The van der Waals surface area contributed by atoms with Gasteiger partial charge in [-0.05, 0) is 55.8 Å². The number of likely N-dealkylation sites (N-methyl/N-ethyl adjacent to an activating group) is 1. The summed E-state index contributed by atoms with van der Waals surface area (Å²) in [5.74, 6) is -0.448. The number of hydrogen-bond acceptors (Lipinski definition) is 2. The molecule has 0 radical (unpaired) electrons. The van der Waals surface area contributed by atoms with Crippen LogP contribution in [0.2, 0.25) is 5.02 Å². The molecule has 0 saturated heterocycles. The molecule has 0 bridgehead atoms. The quantitative estimate of drug-likeness (QED) is 0.913. The summed E-state index contributed by atoms with van der Waals surface area (Å²) < 4.78 is 0. The van der Waals surface area contributed by atoms with Crippen molar-refractivity contribution in [1.82, 2.24) is 5.32 Å². The number of benzene rings is 2. The van der Waals surface area contributed by atoms with Gasteiger partial charge in [0.15, 0.2) is 0 Å². The van der Waals surface area contributed by atoms with E-state index >= 15 is 0 Å². The van der Waals surface area contributed by atoms with E-state index in [-0.39, 0.29) is 18.4 Å². The minimum atomic E-state index is -0.296. The average Bonchev–Trinajstić information content (AvgIpc) is 2.54. The summed E-state index contributed by atoms with van der Waals surface area (Å²) in [4.78, 5) is 26.1. The third kappa shape index (κ3) is 4.57. The van der Waals surface area contributed by atoms with Crippen LogP contribution >= 0.6 is 11.6 Å². The maximum absolute atomic E-state index is 12.4. The van der Waals surface area contributed by atoms with Gasteiger partial charge in [0.25, 0.3) is 5.91 Å². The number of halogens is 1. The normalized spacial score (nSPS) is 10.2. The van der Waals surface area contributed by atoms with Crippen LogP contribution in [-0.2, 0) is 4.79 Å². The summed E-state index contributed by atoms with van der Waals surface area (Å²) in [7, 11) is 0. The first-order chi connectivity index (χ1) is 11.0.